The van der Waals surface area contributed by atoms with Crippen molar-refractivity contribution in [2.24, 2.45) is 0 Å². The number of hydrogen-bond donors (Lipinski definition) is 0. The van der Waals surface area contributed by atoms with Crippen molar-refractivity contribution in [1.29, 1.82) is 0 Å². The summed E-state index contributed by atoms with van der Waals surface area (Å²) in [6, 6.07) is 16.3. The lowest BCUT2D eigenvalue weighted by Gasteiger charge is -2.31. The zero-order valence-electron chi connectivity index (χ0n) is 14.6. The molecule has 0 saturated heterocycles. The van der Waals surface area contributed by atoms with Crippen LogP contribution in [0.25, 0.3) is 0 Å². The second kappa shape index (κ2) is 7.89. The SMILES string of the molecule is O=C(CN(Cc1ccco1)Cc1cccs1)N1CCCc2ccccc21. The van der Waals surface area contributed by atoms with Crippen molar-refractivity contribution in [2.45, 2.75) is 25.9 Å². The molecule has 4 rings (SSSR count). The molecule has 0 bridgehead atoms. The van der Waals surface area contributed by atoms with Gasteiger partial charge in [0, 0.05) is 23.7 Å². The molecule has 0 spiro atoms. The van der Waals surface area contributed by atoms with Gasteiger partial charge in [0.2, 0.25) is 5.91 Å². The van der Waals surface area contributed by atoms with Crippen molar-refractivity contribution in [3.63, 3.8) is 0 Å². The molecule has 2 aromatic heterocycles. The highest BCUT2D eigenvalue weighted by Crippen LogP contribution is 2.27. The van der Waals surface area contributed by atoms with Crippen molar-refractivity contribution >= 4 is 22.9 Å². The highest BCUT2D eigenvalue weighted by Gasteiger charge is 2.24. The molecule has 0 saturated carbocycles. The maximum Gasteiger partial charge on any atom is 0.241 e. The molecule has 1 aliphatic heterocycles. The van der Waals surface area contributed by atoms with Crippen molar-refractivity contribution in [3.05, 3.63) is 76.4 Å². The van der Waals surface area contributed by atoms with Gasteiger partial charge >= 0.3 is 0 Å². The molecule has 26 heavy (non-hydrogen) atoms. The first-order chi connectivity index (χ1) is 12.8. The third kappa shape index (κ3) is 3.89. The van der Waals surface area contributed by atoms with Crippen LogP contribution < -0.4 is 4.90 Å². The van der Waals surface area contributed by atoms with Crippen LogP contribution in [0.15, 0.2) is 64.6 Å². The van der Waals surface area contributed by atoms with Crippen LogP contribution in [0.4, 0.5) is 5.69 Å². The van der Waals surface area contributed by atoms with E-state index in [1.54, 1.807) is 17.6 Å². The molecular weight excluding hydrogens is 344 g/mol. The van der Waals surface area contributed by atoms with E-state index in [-0.39, 0.29) is 5.91 Å². The van der Waals surface area contributed by atoms with Crippen LogP contribution in [0.1, 0.15) is 22.6 Å². The molecule has 0 fully saturated rings. The van der Waals surface area contributed by atoms with Gasteiger partial charge in [0.05, 0.1) is 19.4 Å². The third-order valence-electron chi connectivity index (χ3n) is 4.69. The van der Waals surface area contributed by atoms with Gasteiger partial charge in [-0.05, 0) is 48.1 Å². The minimum Gasteiger partial charge on any atom is -0.468 e. The van der Waals surface area contributed by atoms with Crippen LogP contribution in [-0.2, 0) is 24.3 Å². The number of hydrogen-bond acceptors (Lipinski definition) is 4. The summed E-state index contributed by atoms with van der Waals surface area (Å²) >= 11 is 1.72. The Balaban J connectivity index is 1.50. The fraction of sp³-hybridized carbons (Fsp3) is 0.286. The summed E-state index contributed by atoms with van der Waals surface area (Å²) in [5.74, 6) is 1.04. The predicted molar refractivity (Wildman–Crippen MR) is 104 cm³/mol. The molecule has 0 N–H and O–H groups in total. The first kappa shape index (κ1) is 17.1. The second-order valence-electron chi connectivity index (χ2n) is 6.58. The summed E-state index contributed by atoms with van der Waals surface area (Å²) in [5.41, 5.74) is 2.33. The highest BCUT2D eigenvalue weighted by molar-refractivity contribution is 7.09. The van der Waals surface area contributed by atoms with Crippen LogP contribution >= 0.6 is 11.3 Å². The smallest absolute Gasteiger partial charge is 0.241 e. The Hall–Kier alpha value is -2.37. The zero-order chi connectivity index (χ0) is 17.8. The molecule has 0 radical (unpaired) electrons. The monoisotopic (exact) mass is 366 g/mol. The van der Waals surface area contributed by atoms with Crippen LogP contribution in [0.5, 0.6) is 0 Å². The van der Waals surface area contributed by atoms with E-state index in [4.69, 9.17) is 4.42 Å². The zero-order valence-corrected chi connectivity index (χ0v) is 15.5. The Morgan fingerprint density at radius 3 is 2.85 bits per heavy atom. The number of aryl methyl sites for hydroxylation is 1. The Labute approximate surface area is 157 Å². The lowest BCUT2D eigenvalue weighted by atomic mass is 10.0. The van der Waals surface area contributed by atoms with E-state index in [9.17, 15) is 4.79 Å². The Bertz CT molecular complexity index is 807. The normalized spacial score (nSPS) is 13.8. The molecule has 0 atom stereocenters. The molecular formula is C21H22N2O2S. The molecule has 1 aliphatic rings. The summed E-state index contributed by atoms with van der Waals surface area (Å²) in [4.78, 5) is 18.4. The van der Waals surface area contributed by atoms with Crippen molar-refractivity contribution in [1.82, 2.24) is 4.90 Å². The first-order valence-electron chi connectivity index (χ1n) is 8.95. The molecule has 0 unspecified atom stereocenters. The Morgan fingerprint density at radius 2 is 2.04 bits per heavy atom. The number of para-hydroxylation sites is 1. The number of furan rings is 1. The fourth-order valence-electron chi connectivity index (χ4n) is 3.48. The second-order valence-corrected chi connectivity index (χ2v) is 7.61. The van der Waals surface area contributed by atoms with E-state index in [0.29, 0.717) is 13.1 Å². The third-order valence-corrected chi connectivity index (χ3v) is 5.55. The summed E-state index contributed by atoms with van der Waals surface area (Å²) in [6.07, 6.45) is 3.75. The largest absolute Gasteiger partial charge is 0.468 e. The van der Waals surface area contributed by atoms with E-state index < -0.39 is 0 Å². The van der Waals surface area contributed by atoms with E-state index in [1.165, 1.54) is 10.4 Å². The van der Waals surface area contributed by atoms with E-state index in [1.807, 2.05) is 35.2 Å². The van der Waals surface area contributed by atoms with E-state index in [2.05, 4.69) is 28.5 Å². The van der Waals surface area contributed by atoms with Crippen molar-refractivity contribution in [2.75, 3.05) is 18.0 Å². The average Bonchev–Trinajstić information content (AvgIpc) is 3.35. The quantitative estimate of drug-likeness (QED) is 0.652. The van der Waals surface area contributed by atoms with Gasteiger partial charge in [-0.3, -0.25) is 9.69 Å². The Morgan fingerprint density at radius 1 is 1.12 bits per heavy atom. The summed E-state index contributed by atoms with van der Waals surface area (Å²) in [6.45, 7) is 2.56. The lowest BCUT2D eigenvalue weighted by Crippen LogP contribution is -2.42. The number of fused-ring (bicyclic) bond motifs is 1. The van der Waals surface area contributed by atoms with E-state index >= 15 is 0 Å². The van der Waals surface area contributed by atoms with Crippen molar-refractivity contribution < 1.29 is 9.21 Å². The number of carbonyl (C=O) groups excluding carboxylic acids is 1. The maximum atomic E-state index is 13.1. The minimum atomic E-state index is 0.153. The van der Waals surface area contributed by atoms with Gasteiger partial charge in [0.15, 0.2) is 0 Å². The van der Waals surface area contributed by atoms with Gasteiger partial charge in [-0.25, -0.2) is 0 Å². The lowest BCUT2D eigenvalue weighted by molar-refractivity contribution is -0.120. The molecule has 1 aromatic carbocycles. The van der Waals surface area contributed by atoms with Gasteiger partial charge in [-0.2, -0.15) is 0 Å². The van der Waals surface area contributed by atoms with E-state index in [0.717, 1.165) is 37.4 Å². The number of nitrogens with zero attached hydrogens (tertiary/aromatic N) is 2. The number of rotatable bonds is 6. The number of benzene rings is 1. The Kier molecular flexibility index (Phi) is 5.18. The topological polar surface area (TPSA) is 36.7 Å². The van der Waals surface area contributed by atoms with Gasteiger partial charge in [-0.1, -0.05) is 24.3 Å². The average molecular weight is 366 g/mol. The molecule has 3 heterocycles. The molecule has 134 valence electrons. The van der Waals surface area contributed by atoms with Gasteiger partial charge in [-0.15, -0.1) is 11.3 Å². The molecule has 1 amide bonds. The van der Waals surface area contributed by atoms with Crippen LogP contribution in [-0.4, -0.2) is 23.9 Å². The summed E-state index contributed by atoms with van der Waals surface area (Å²) < 4.78 is 5.50. The van der Waals surface area contributed by atoms with Gasteiger partial charge < -0.3 is 9.32 Å². The highest BCUT2D eigenvalue weighted by atomic mass is 32.1. The molecule has 4 nitrogen and oxygen atoms in total. The number of amides is 1. The van der Waals surface area contributed by atoms with Crippen LogP contribution in [0, 0.1) is 0 Å². The fourth-order valence-corrected chi connectivity index (χ4v) is 4.23. The number of carbonyl (C=O) groups is 1. The summed E-state index contributed by atoms with van der Waals surface area (Å²) in [7, 11) is 0. The number of thiophene rings is 1. The van der Waals surface area contributed by atoms with Crippen LogP contribution in [0.2, 0.25) is 0 Å². The minimum absolute atomic E-state index is 0.153. The molecule has 5 heteroatoms. The molecule has 0 aliphatic carbocycles. The van der Waals surface area contributed by atoms with Crippen molar-refractivity contribution in [3.8, 4) is 0 Å². The van der Waals surface area contributed by atoms with Crippen LogP contribution in [0.3, 0.4) is 0 Å². The van der Waals surface area contributed by atoms with Gasteiger partial charge in [0.1, 0.15) is 5.76 Å². The van der Waals surface area contributed by atoms with Gasteiger partial charge in [0.25, 0.3) is 0 Å². The summed E-state index contributed by atoms with van der Waals surface area (Å²) in [5, 5.41) is 2.07. The first-order valence-corrected chi connectivity index (χ1v) is 9.83. The number of anilines is 1. The predicted octanol–water partition coefficient (Wildman–Crippen LogP) is 4.32. The molecule has 3 aromatic rings. The standard InChI is InChI=1S/C21H22N2O2S/c24-21(23-11-3-7-17-6-1-2-10-20(17)23)16-22(14-18-8-4-12-25-18)15-19-9-5-13-26-19/h1-2,4-6,8-10,12-13H,3,7,11,14-16H2. The maximum absolute atomic E-state index is 13.1.